The highest BCUT2D eigenvalue weighted by Gasteiger charge is 1.93. The maximum absolute atomic E-state index is 5.26. The average molecular weight is 165 g/mol. The summed E-state index contributed by atoms with van der Waals surface area (Å²) in [5.74, 6) is 3.07. The fraction of sp³-hybridized carbons (Fsp3) is 0.636. The molecular formula is C11H19N. The number of hydrogen-bond acceptors (Lipinski definition) is 1. The molecule has 0 aliphatic carbocycles. The Bertz CT molecular complexity index is 174. The molecule has 0 aromatic rings. The van der Waals surface area contributed by atoms with Crippen molar-refractivity contribution in [2.24, 2.45) is 5.92 Å². The fourth-order valence-corrected chi connectivity index (χ4v) is 0.840. The lowest BCUT2D eigenvalue weighted by Gasteiger charge is -2.03. The Morgan fingerprint density at radius 3 is 2.83 bits per heavy atom. The van der Waals surface area contributed by atoms with E-state index in [1.807, 2.05) is 0 Å². The molecule has 0 aliphatic rings. The van der Waals surface area contributed by atoms with E-state index in [0.717, 1.165) is 19.5 Å². The van der Waals surface area contributed by atoms with Gasteiger partial charge in [0.25, 0.3) is 0 Å². The predicted octanol–water partition coefficient (Wildman–Crippen LogP) is 2.20. The Kier molecular flexibility index (Phi) is 6.51. The second-order valence-corrected chi connectivity index (χ2v) is 3.13. The van der Waals surface area contributed by atoms with Crippen LogP contribution in [-0.2, 0) is 0 Å². The van der Waals surface area contributed by atoms with Gasteiger partial charge in [0.05, 0.1) is 0 Å². The van der Waals surface area contributed by atoms with Crippen LogP contribution in [0.1, 0.15) is 27.2 Å². The highest BCUT2D eigenvalue weighted by atomic mass is 14.8. The van der Waals surface area contributed by atoms with Crippen LogP contribution in [0.4, 0.5) is 0 Å². The first kappa shape index (κ1) is 11.3. The second kappa shape index (κ2) is 6.94. The van der Waals surface area contributed by atoms with E-state index in [2.05, 4.69) is 38.1 Å². The lowest BCUT2D eigenvalue weighted by atomic mass is 10.1. The van der Waals surface area contributed by atoms with Crippen molar-refractivity contribution >= 4 is 0 Å². The molecule has 1 nitrogen and oxygen atoms in total. The summed E-state index contributed by atoms with van der Waals surface area (Å²) in [4.78, 5) is 0. The third-order valence-electron chi connectivity index (χ3n) is 1.76. The first-order chi connectivity index (χ1) is 5.70. The molecule has 0 amide bonds. The van der Waals surface area contributed by atoms with Crippen molar-refractivity contribution in [3.8, 4) is 12.3 Å². The van der Waals surface area contributed by atoms with Crippen LogP contribution >= 0.6 is 0 Å². The zero-order valence-electron chi connectivity index (χ0n) is 8.35. The largest absolute Gasteiger partial charge is 0.313 e. The number of rotatable bonds is 5. The van der Waals surface area contributed by atoms with Gasteiger partial charge in [-0.1, -0.05) is 25.5 Å². The number of nitrogens with one attached hydrogen (secondary N) is 1. The molecule has 0 fully saturated rings. The van der Waals surface area contributed by atoms with E-state index in [0.29, 0.717) is 5.92 Å². The van der Waals surface area contributed by atoms with Crippen molar-refractivity contribution < 1.29 is 0 Å². The molecular weight excluding hydrogens is 146 g/mol. The Balaban J connectivity index is 3.62. The molecule has 0 aromatic heterocycles. The lowest BCUT2D eigenvalue weighted by molar-refractivity contribution is 0.745. The molecule has 0 saturated carbocycles. The molecule has 0 saturated heterocycles. The van der Waals surface area contributed by atoms with Crippen LogP contribution in [0.15, 0.2) is 11.6 Å². The standard InChI is InChI=1S/C11H19N/c1-5-10(3)7-8-11(4)9-12-6-2/h1,8,10,12H,6-7,9H2,2-4H3/b11-8-. The van der Waals surface area contributed by atoms with E-state index in [4.69, 9.17) is 6.42 Å². The van der Waals surface area contributed by atoms with Crippen molar-refractivity contribution in [1.29, 1.82) is 0 Å². The van der Waals surface area contributed by atoms with E-state index in [1.165, 1.54) is 5.57 Å². The molecule has 0 heterocycles. The lowest BCUT2D eigenvalue weighted by Crippen LogP contribution is -2.14. The van der Waals surface area contributed by atoms with E-state index < -0.39 is 0 Å². The summed E-state index contributed by atoms with van der Waals surface area (Å²) in [6.45, 7) is 8.31. The third kappa shape index (κ3) is 6.00. The summed E-state index contributed by atoms with van der Waals surface area (Å²) in [5.41, 5.74) is 1.37. The molecule has 68 valence electrons. The van der Waals surface area contributed by atoms with Gasteiger partial charge in [0, 0.05) is 12.5 Å². The monoisotopic (exact) mass is 165 g/mol. The van der Waals surface area contributed by atoms with Gasteiger partial charge < -0.3 is 5.32 Å². The van der Waals surface area contributed by atoms with E-state index in [1.54, 1.807) is 0 Å². The summed E-state index contributed by atoms with van der Waals surface area (Å²) in [5, 5.41) is 3.27. The topological polar surface area (TPSA) is 12.0 Å². The van der Waals surface area contributed by atoms with Crippen molar-refractivity contribution in [1.82, 2.24) is 5.32 Å². The van der Waals surface area contributed by atoms with Gasteiger partial charge in [-0.2, -0.15) is 0 Å². The Morgan fingerprint density at radius 1 is 1.67 bits per heavy atom. The second-order valence-electron chi connectivity index (χ2n) is 3.13. The van der Waals surface area contributed by atoms with Gasteiger partial charge >= 0.3 is 0 Å². The molecule has 0 aromatic carbocycles. The zero-order valence-corrected chi connectivity index (χ0v) is 8.35. The van der Waals surface area contributed by atoms with E-state index in [9.17, 15) is 0 Å². The predicted molar refractivity (Wildman–Crippen MR) is 54.9 cm³/mol. The fourth-order valence-electron chi connectivity index (χ4n) is 0.840. The van der Waals surface area contributed by atoms with Crippen molar-refractivity contribution in [2.75, 3.05) is 13.1 Å². The van der Waals surface area contributed by atoms with Gasteiger partial charge in [0.15, 0.2) is 0 Å². The molecule has 1 N–H and O–H groups in total. The van der Waals surface area contributed by atoms with Crippen LogP contribution in [-0.4, -0.2) is 13.1 Å². The smallest absolute Gasteiger partial charge is 0.0206 e. The maximum atomic E-state index is 5.26. The molecule has 0 bridgehead atoms. The number of likely N-dealkylation sites (N-methyl/N-ethyl adjacent to an activating group) is 1. The minimum Gasteiger partial charge on any atom is -0.313 e. The minimum absolute atomic E-state index is 0.363. The van der Waals surface area contributed by atoms with Crippen LogP contribution in [0.25, 0.3) is 0 Å². The Morgan fingerprint density at radius 2 is 2.33 bits per heavy atom. The van der Waals surface area contributed by atoms with E-state index in [-0.39, 0.29) is 0 Å². The molecule has 12 heavy (non-hydrogen) atoms. The normalized spacial score (nSPS) is 14.0. The van der Waals surface area contributed by atoms with Crippen LogP contribution in [0.5, 0.6) is 0 Å². The molecule has 1 unspecified atom stereocenters. The van der Waals surface area contributed by atoms with Gasteiger partial charge in [-0.25, -0.2) is 0 Å². The average Bonchev–Trinajstić information content (AvgIpc) is 2.10. The first-order valence-electron chi connectivity index (χ1n) is 4.53. The molecule has 0 spiro atoms. The quantitative estimate of drug-likeness (QED) is 0.486. The summed E-state index contributed by atoms with van der Waals surface area (Å²) < 4.78 is 0. The molecule has 1 heteroatoms. The third-order valence-corrected chi connectivity index (χ3v) is 1.76. The van der Waals surface area contributed by atoms with E-state index >= 15 is 0 Å². The molecule has 1 atom stereocenters. The molecule has 0 aliphatic heterocycles. The van der Waals surface area contributed by atoms with Crippen LogP contribution < -0.4 is 5.32 Å². The first-order valence-corrected chi connectivity index (χ1v) is 4.53. The highest BCUT2D eigenvalue weighted by molar-refractivity contribution is 5.03. The van der Waals surface area contributed by atoms with Gasteiger partial charge in [-0.3, -0.25) is 0 Å². The number of terminal acetylenes is 1. The van der Waals surface area contributed by atoms with Gasteiger partial charge in [0.1, 0.15) is 0 Å². The highest BCUT2D eigenvalue weighted by Crippen LogP contribution is 2.03. The van der Waals surface area contributed by atoms with Crippen molar-refractivity contribution in [3.63, 3.8) is 0 Å². The van der Waals surface area contributed by atoms with Crippen LogP contribution in [0.2, 0.25) is 0 Å². The SMILES string of the molecule is C#CC(C)C/C=C(/C)CNCC. The van der Waals surface area contributed by atoms with Gasteiger partial charge in [0.2, 0.25) is 0 Å². The van der Waals surface area contributed by atoms with Gasteiger partial charge in [-0.05, 0) is 19.9 Å². The van der Waals surface area contributed by atoms with Gasteiger partial charge in [-0.15, -0.1) is 12.3 Å². The summed E-state index contributed by atoms with van der Waals surface area (Å²) in [7, 11) is 0. The zero-order chi connectivity index (χ0) is 9.40. The minimum atomic E-state index is 0.363. The Labute approximate surface area is 76.2 Å². The molecule has 0 rings (SSSR count). The van der Waals surface area contributed by atoms with Crippen LogP contribution in [0, 0.1) is 18.3 Å². The van der Waals surface area contributed by atoms with Crippen molar-refractivity contribution in [2.45, 2.75) is 27.2 Å². The van der Waals surface area contributed by atoms with Crippen molar-refractivity contribution in [3.05, 3.63) is 11.6 Å². The number of hydrogen-bond donors (Lipinski definition) is 1. The maximum Gasteiger partial charge on any atom is 0.0206 e. The number of allylic oxidation sites excluding steroid dienone is 1. The summed E-state index contributed by atoms with van der Waals surface area (Å²) in [6.07, 6.45) is 8.47. The van der Waals surface area contributed by atoms with Crippen LogP contribution in [0.3, 0.4) is 0 Å². The Hall–Kier alpha value is -0.740. The molecule has 0 radical (unpaired) electrons. The summed E-state index contributed by atoms with van der Waals surface area (Å²) >= 11 is 0. The summed E-state index contributed by atoms with van der Waals surface area (Å²) in [6, 6.07) is 0.